The first-order valence-corrected chi connectivity index (χ1v) is 15.0. The average Bonchev–Trinajstić information content (AvgIpc) is 3.34. The number of carbonyl (C=O) groups excluding carboxylic acids is 4. The monoisotopic (exact) mass is 604 g/mol. The van der Waals surface area contributed by atoms with Crippen LogP contribution in [0.1, 0.15) is 38.7 Å². The molecule has 2 saturated heterocycles. The Morgan fingerprint density at radius 3 is 2.60 bits per heavy atom. The number of allylic oxidation sites excluding steroid dienone is 3. The summed E-state index contributed by atoms with van der Waals surface area (Å²) in [5, 5.41) is 9.97. The van der Waals surface area contributed by atoms with Crippen LogP contribution in [0.25, 0.3) is 0 Å². The number of hydrogen-bond acceptors (Lipinski definition) is 6. The van der Waals surface area contributed by atoms with E-state index in [2.05, 4.69) is 0 Å². The van der Waals surface area contributed by atoms with Gasteiger partial charge in [0.15, 0.2) is 0 Å². The fourth-order valence-corrected chi connectivity index (χ4v) is 8.40. The van der Waals surface area contributed by atoms with E-state index >= 15 is 0 Å². The van der Waals surface area contributed by atoms with E-state index < -0.39 is 52.6 Å². The molecule has 2 aliphatic carbocycles. The maximum absolute atomic E-state index is 14.5. The van der Waals surface area contributed by atoms with Gasteiger partial charge in [0.25, 0.3) is 0 Å². The van der Waals surface area contributed by atoms with Gasteiger partial charge in [0.05, 0.1) is 40.1 Å². The summed E-state index contributed by atoms with van der Waals surface area (Å²) in [4.78, 5) is 58.2. The van der Waals surface area contributed by atoms with Gasteiger partial charge in [0.2, 0.25) is 23.6 Å². The van der Waals surface area contributed by atoms with Crippen molar-refractivity contribution in [3.63, 3.8) is 0 Å². The topological polar surface area (TPSA) is 104 Å². The Balaban J connectivity index is 1.37. The largest absolute Gasteiger partial charge is 0.508 e. The smallest absolute Gasteiger partial charge is 0.241 e. The molecule has 0 unspecified atom stereocenters. The van der Waals surface area contributed by atoms with Crippen LogP contribution in [-0.4, -0.2) is 40.2 Å². The number of carbonyl (C=O) groups is 4. The second kappa shape index (κ2) is 9.77. The summed E-state index contributed by atoms with van der Waals surface area (Å²) in [5.74, 6) is -4.30. The van der Waals surface area contributed by atoms with E-state index in [1.165, 1.54) is 23.1 Å². The van der Waals surface area contributed by atoms with Gasteiger partial charge in [0.1, 0.15) is 17.3 Å². The summed E-state index contributed by atoms with van der Waals surface area (Å²) >= 11 is 6.06. The highest BCUT2D eigenvalue weighted by atomic mass is 35.5. The highest BCUT2D eigenvalue weighted by Gasteiger charge is 2.68. The van der Waals surface area contributed by atoms with Crippen LogP contribution in [0.5, 0.6) is 11.5 Å². The number of fused-ring (bicyclic) bond motifs is 5. The Hall–Kier alpha value is -3.98. The lowest BCUT2D eigenvalue weighted by Crippen LogP contribution is -2.51. The van der Waals surface area contributed by atoms with E-state index in [1.807, 2.05) is 13.0 Å². The fourth-order valence-electron chi connectivity index (χ4n) is 8.23. The van der Waals surface area contributed by atoms with Crippen LogP contribution in [0, 0.1) is 40.8 Å². The van der Waals surface area contributed by atoms with Crippen molar-refractivity contribution in [1.29, 1.82) is 0 Å². The zero-order valence-corrected chi connectivity index (χ0v) is 24.4. The predicted octanol–water partition coefficient (Wildman–Crippen LogP) is 5.18. The predicted molar refractivity (Wildman–Crippen MR) is 154 cm³/mol. The number of rotatable bonds is 4. The van der Waals surface area contributed by atoms with Gasteiger partial charge in [-0.2, -0.15) is 0 Å². The van der Waals surface area contributed by atoms with Crippen molar-refractivity contribution in [3.8, 4) is 11.5 Å². The fraction of sp³-hybridized carbons (Fsp3) is 0.394. The number of likely N-dealkylation sites (tertiary alicyclic amines) is 1. The minimum atomic E-state index is -1.26. The molecule has 10 heteroatoms. The number of ether oxygens (including phenoxy) is 1. The van der Waals surface area contributed by atoms with Gasteiger partial charge in [-0.05, 0) is 74.1 Å². The summed E-state index contributed by atoms with van der Waals surface area (Å²) in [7, 11) is 0. The highest BCUT2D eigenvalue weighted by molar-refractivity contribution is 6.31. The van der Waals surface area contributed by atoms with E-state index in [0.29, 0.717) is 31.6 Å². The number of anilines is 1. The second-order valence-corrected chi connectivity index (χ2v) is 12.8. The Labute approximate surface area is 252 Å². The van der Waals surface area contributed by atoms with Gasteiger partial charge >= 0.3 is 0 Å². The molecule has 3 aliphatic heterocycles. The van der Waals surface area contributed by atoms with Gasteiger partial charge in [-0.1, -0.05) is 30.2 Å². The lowest BCUT2D eigenvalue weighted by atomic mass is 9.51. The van der Waals surface area contributed by atoms with Crippen molar-refractivity contribution in [3.05, 3.63) is 76.3 Å². The number of phenolic OH excluding ortho intramolecular Hbond substituents is 1. The Kier molecular flexibility index (Phi) is 6.32. The molecule has 4 amide bonds. The van der Waals surface area contributed by atoms with Crippen LogP contribution in [0.15, 0.2) is 59.9 Å². The Morgan fingerprint density at radius 2 is 1.86 bits per heavy atom. The highest BCUT2D eigenvalue weighted by Crippen LogP contribution is 2.63. The van der Waals surface area contributed by atoms with Crippen LogP contribution in [0.4, 0.5) is 10.1 Å². The van der Waals surface area contributed by atoms with Gasteiger partial charge in [-0.15, -0.1) is 0 Å². The Bertz CT molecular complexity index is 1690. The molecule has 3 heterocycles. The third-order valence-electron chi connectivity index (χ3n) is 10.1. The average molecular weight is 605 g/mol. The maximum atomic E-state index is 14.5. The quantitative estimate of drug-likeness (QED) is 0.381. The molecule has 8 nitrogen and oxygen atoms in total. The summed E-state index contributed by atoms with van der Waals surface area (Å²) in [6, 6.07) is 8.58. The van der Waals surface area contributed by atoms with Crippen LogP contribution < -0.4 is 9.64 Å². The molecule has 2 aromatic carbocycles. The first-order valence-electron chi connectivity index (χ1n) is 14.6. The van der Waals surface area contributed by atoms with Gasteiger partial charge in [0, 0.05) is 24.4 Å². The standard InChI is InChI=1S/C33H30ClFN2O6/c1-3-10-36-29(39)21-7-6-20-22(27(21)31(36)41)14-23-30(40)37(18-4-8-25(35)24(34)13-18)32(42)33(23,2)28(20)17-11-16-12-19(38)5-9-26(16)43-15-17/h4-6,8-9,12-13,15,21-23,27-28,38H,3,7,10-11,14H2,1-2H3/t21-,22+,23-,27-,28-,33+/m0/s1. The van der Waals surface area contributed by atoms with Crippen molar-refractivity contribution in [2.75, 3.05) is 11.4 Å². The normalized spacial score (nSPS) is 31.2. The van der Waals surface area contributed by atoms with Gasteiger partial charge in [-0.25, -0.2) is 9.29 Å². The first-order chi connectivity index (χ1) is 20.6. The molecule has 0 bridgehead atoms. The summed E-state index contributed by atoms with van der Waals surface area (Å²) in [6.45, 7) is 4.03. The number of nitrogens with zero attached hydrogens (tertiary/aromatic N) is 2. The molecular formula is C33H30ClFN2O6. The van der Waals surface area contributed by atoms with Crippen molar-refractivity contribution in [1.82, 2.24) is 4.90 Å². The molecule has 222 valence electrons. The van der Waals surface area contributed by atoms with Crippen molar-refractivity contribution in [2.24, 2.45) is 35.0 Å². The van der Waals surface area contributed by atoms with Crippen molar-refractivity contribution >= 4 is 40.9 Å². The summed E-state index contributed by atoms with van der Waals surface area (Å²) < 4.78 is 20.1. The maximum Gasteiger partial charge on any atom is 0.241 e. The molecule has 43 heavy (non-hydrogen) atoms. The zero-order chi connectivity index (χ0) is 30.4. The van der Waals surface area contributed by atoms with Crippen LogP contribution >= 0.6 is 11.6 Å². The molecule has 3 fully saturated rings. The molecule has 0 spiro atoms. The first kappa shape index (κ1) is 27.8. The SMILES string of the molecule is CCCN1C(=O)[C@H]2[C@H](CC=C3[C@H](C4=COc5ccc(O)cc5C4)[C@]4(C)C(=O)N(c5ccc(F)c(Cl)c5)C(=O)[C@@H]4C[C@H]32)C1=O. The number of benzene rings is 2. The van der Waals surface area contributed by atoms with Crippen LogP contribution in [0.3, 0.4) is 0 Å². The van der Waals surface area contributed by atoms with E-state index in [0.717, 1.165) is 27.7 Å². The van der Waals surface area contributed by atoms with E-state index in [9.17, 15) is 28.7 Å². The zero-order valence-electron chi connectivity index (χ0n) is 23.7. The molecular weight excluding hydrogens is 575 g/mol. The third-order valence-corrected chi connectivity index (χ3v) is 10.4. The summed E-state index contributed by atoms with van der Waals surface area (Å²) in [5.41, 5.74) is 1.25. The van der Waals surface area contributed by atoms with E-state index in [4.69, 9.17) is 16.3 Å². The van der Waals surface area contributed by atoms with E-state index in [1.54, 1.807) is 25.3 Å². The molecule has 0 radical (unpaired) electrons. The molecule has 7 rings (SSSR count). The number of phenols is 1. The van der Waals surface area contributed by atoms with Crippen molar-refractivity contribution in [2.45, 2.75) is 39.5 Å². The molecule has 1 N–H and O–H groups in total. The molecule has 5 aliphatic rings. The van der Waals surface area contributed by atoms with Crippen LogP contribution in [-0.2, 0) is 25.6 Å². The minimum Gasteiger partial charge on any atom is -0.508 e. The molecule has 0 aromatic heterocycles. The molecule has 1 saturated carbocycles. The molecule has 2 aromatic rings. The number of amides is 4. The lowest BCUT2D eigenvalue weighted by Gasteiger charge is -2.49. The third kappa shape index (κ3) is 3.86. The van der Waals surface area contributed by atoms with Gasteiger partial charge < -0.3 is 9.84 Å². The number of halogens is 2. The Morgan fingerprint density at radius 1 is 1.07 bits per heavy atom. The van der Waals surface area contributed by atoms with Crippen LogP contribution in [0.2, 0.25) is 5.02 Å². The van der Waals surface area contributed by atoms with E-state index in [-0.39, 0.29) is 34.7 Å². The lowest BCUT2D eigenvalue weighted by molar-refractivity contribution is -0.140. The molecule has 6 atom stereocenters. The van der Waals surface area contributed by atoms with Gasteiger partial charge in [-0.3, -0.25) is 24.1 Å². The second-order valence-electron chi connectivity index (χ2n) is 12.4. The van der Waals surface area contributed by atoms with Crippen molar-refractivity contribution < 1.29 is 33.4 Å². The number of imide groups is 2. The number of aromatic hydroxyl groups is 1. The summed E-state index contributed by atoms with van der Waals surface area (Å²) in [6.07, 6.45) is 5.19. The minimum absolute atomic E-state index is 0.0755. The number of hydrogen-bond donors (Lipinski definition) is 1.